The van der Waals surface area contributed by atoms with Crippen LogP contribution in [0.2, 0.25) is 0 Å². The van der Waals surface area contributed by atoms with Crippen LogP contribution in [0.3, 0.4) is 0 Å². The van der Waals surface area contributed by atoms with Crippen LogP contribution in [0.25, 0.3) is 0 Å². The van der Waals surface area contributed by atoms with Gasteiger partial charge in [0.1, 0.15) is 5.78 Å². The Morgan fingerprint density at radius 3 is 2.53 bits per heavy atom. The van der Waals surface area contributed by atoms with Crippen molar-refractivity contribution in [2.45, 2.75) is 33.1 Å². The van der Waals surface area contributed by atoms with E-state index in [1.807, 2.05) is 6.92 Å². The molecular formula is C11H19ClN2O. The van der Waals surface area contributed by atoms with Crippen LogP contribution >= 0.6 is 11.6 Å². The summed E-state index contributed by atoms with van der Waals surface area (Å²) in [6.45, 7) is 6.23. The number of likely N-dealkylation sites (tertiary alicyclic amines) is 1. The molecule has 1 aliphatic rings. The molecule has 0 aromatic carbocycles. The van der Waals surface area contributed by atoms with E-state index in [1.165, 1.54) is 0 Å². The summed E-state index contributed by atoms with van der Waals surface area (Å²) in [4.78, 5) is 17.2. The molecule has 0 spiro atoms. The largest absolute Gasteiger partial charge is 0.347 e. The van der Waals surface area contributed by atoms with Crippen molar-refractivity contribution in [3.8, 4) is 0 Å². The minimum Gasteiger partial charge on any atom is -0.347 e. The van der Waals surface area contributed by atoms with Gasteiger partial charge in [-0.2, -0.15) is 0 Å². The molecule has 1 fully saturated rings. The average Bonchev–Trinajstić information content (AvgIpc) is 2.18. The summed E-state index contributed by atoms with van der Waals surface area (Å²) in [7, 11) is 0. The van der Waals surface area contributed by atoms with Crippen molar-refractivity contribution in [2.75, 3.05) is 19.6 Å². The average molecular weight is 231 g/mol. The lowest BCUT2D eigenvalue weighted by atomic mass is 9.92. The molecule has 1 heterocycles. The monoisotopic (exact) mass is 230 g/mol. The maximum atomic E-state index is 11.0. The molecule has 0 aliphatic carbocycles. The van der Waals surface area contributed by atoms with Crippen LogP contribution in [0.4, 0.5) is 0 Å². The number of hydrogen-bond acceptors (Lipinski definition) is 2. The Morgan fingerprint density at radius 1 is 1.47 bits per heavy atom. The first kappa shape index (κ1) is 12.5. The first-order valence-corrected chi connectivity index (χ1v) is 5.95. The highest BCUT2D eigenvalue weighted by molar-refractivity contribution is 6.64. The molecule has 0 radical (unpaired) electrons. The summed E-state index contributed by atoms with van der Waals surface area (Å²) >= 11 is 6.02. The lowest BCUT2D eigenvalue weighted by Crippen LogP contribution is -2.36. The van der Waals surface area contributed by atoms with Crippen LogP contribution in [0.15, 0.2) is 4.99 Å². The molecule has 0 saturated carbocycles. The van der Waals surface area contributed by atoms with Gasteiger partial charge in [0.15, 0.2) is 5.29 Å². The van der Waals surface area contributed by atoms with Gasteiger partial charge in [0, 0.05) is 26.1 Å². The van der Waals surface area contributed by atoms with Crippen LogP contribution in [0.1, 0.15) is 33.1 Å². The quantitative estimate of drug-likeness (QED) is 0.423. The number of carbonyl (C=O) groups is 1. The SMILES string of the molecule is CCN=C(Cl)N1CCC(CC(C)=O)CC1. The fourth-order valence-corrected chi connectivity index (χ4v) is 2.25. The number of halogens is 1. The predicted molar refractivity (Wildman–Crippen MR) is 63.4 cm³/mol. The third kappa shape index (κ3) is 4.20. The molecule has 0 amide bonds. The molecule has 15 heavy (non-hydrogen) atoms. The fourth-order valence-electron chi connectivity index (χ4n) is 1.96. The van der Waals surface area contributed by atoms with Crippen molar-refractivity contribution in [1.82, 2.24) is 4.90 Å². The van der Waals surface area contributed by atoms with Gasteiger partial charge in [0.25, 0.3) is 0 Å². The Labute approximate surface area is 96.5 Å². The minimum absolute atomic E-state index is 0.293. The second-order valence-corrected chi connectivity index (χ2v) is 4.42. The molecule has 0 N–H and O–H groups in total. The van der Waals surface area contributed by atoms with E-state index in [9.17, 15) is 4.79 Å². The number of nitrogens with zero attached hydrogens (tertiary/aromatic N) is 2. The highest BCUT2D eigenvalue weighted by Gasteiger charge is 2.21. The summed E-state index contributed by atoms with van der Waals surface area (Å²) in [5.74, 6) is 0.839. The van der Waals surface area contributed by atoms with Gasteiger partial charge >= 0.3 is 0 Å². The Morgan fingerprint density at radius 2 is 2.07 bits per heavy atom. The highest BCUT2D eigenvalue weighted by Crippen LogP contribution is 2.21. The predicted octanol–water partition coefficient (Wildman–Crippen LogP) is 2.29. The first-order chi connectivity index (χ1) is 7.13. The first-order valence-electron chi connectivity index (χ1n) is 5.57. The summed E-state index contributed by atoms with van der Waals surface area (Å²) in [5, 5.41) is 0.624. The van der Waals surface area contributed by atoms with Crippen LogP contribution in [0.5, 0.6) is 0 Å². The van der Waals surface area contributed by atoms with Gasteiger partial charge in [-0.05, 0) is 44.2 Å². The number of carbonyl (C=O) groups excluding carboxylic acids is 1. The van der Waals surface area contributed by atoms with Crippen molar-refractivity contribution in [3.05, 3.63) is 0 Å². The number of rotatable bonds is 3. The van der Waals surface area contributed by atoms with Crippen molar-refractivity contribution in [1.29, 1.82) is 0 Å². The van der Waals surface area contributed by atoms with Crippen molar-refractivity contribution < 1.29 is 4.79 Å². The lowest BCUT2D eigenvalue weighted by molar-refractivity contribution is -0.118. The topological polar surface area (TPSA) is 32.7 Å². The van der Waals surface area contributed by atoms with Gasteiger partial charge in [0.05, 0.1) is 0 Å². The van der Waals surface area contributed by atoms with Gasteiger partial charge in [-0.3, -0.25) is 4.99 Å². The summed E-state index contributed by atoms with van der Waals surface area (Å²) in [6.07, 6.45) is 2.82. The Balaban J connectivity index is 2.35. The number of hydrogen-bond donors (Lipinski definition) is 0. The lowest BCUT2D eigenvalue weighted by Gasteiger charge is -2.31. The summed E-state index contributed by atoms with van der Waals surface area (Å²) in [5.41, 5.74) is 0. The molecule has 4 heteroatoms. The Kier molecular flexibility index (Phi) is 5.09. The summed E-state index contributed by atoms with van der Waals surface area (Å²) < 4.78 is 0. The molecule has 1 saturated heterocycles. The highest BCUT2D eigenvalue weighted by atomic mass is 35.5. The molecule has 0 unspecified atom stereocenters. The minimum atomic E-state index is 0.293. The van der Waals surface area contributed by atoms with Gasteiger partial charge < -0.3 is 9.69 Å². The van der Waals surface area contributed by atoms with E-state index in [0.717, 1.165) is 38.9 Å². The molecule has 0 aromatic rings. The molecule has 86 valence electrons. The van der Waals surface area contributed by atoms with Gasteiger partial charge in [-0.25, -0.2) is 0 Å². The molecule has 1 rings (SSSR count). The summed E-state index contributed by atoms with van der Waals surface area (Å²) in [6, 6.07) is 0. The zero-order chi connectivity index (χ0) is 11.3. The standard InChI is InChI=1S/C11H19ClN2O/c1-3-13-11(12)14-6-4-10(5-7-14)8-9(2)15/h10H,3-8H2,1-2H3. The second kappa shape index (κ2) is 6.11. The number of piperidine rings is 1. The van der Waals surface area contributed by atoms with Gasteiger partial charge in [-0.1, -0.05) is 0 Å². The zero-order valence-corrected chi connectivity index (χ0v) is 10.3. The van der Waals surface area contributed by atoms with Crippen LogP contribution in [-0.2, 0) is 4.79 Å². The fraction of sp³-hybridized carbons (Fsp3) is 0.818. The van der Waals surface area contributed by atoms with E-state index in [1.54, 1.807) is 6.92 Å². The number of Topliss-reactive ketones (excluding diaryl/α,β-unsaturated/α-hetero) is 1. The van der Waals surface area contributed by atoms with E-state index in [2.05, 4.69) is 9.89 Å². The Bertz CT molecular complexity index is 245. The molecular weight excluding hydrogens is 212 g/mol. The molecule has 0 aromatic heterocycles. The van der Waals surface area contributed by atoms with E-state index < -0.39 is 0 Å². The Hall–Kier alpha value is -0.570. The van der Waals surface area contributed by atoms with Crippen molar-refractivity contribution in [3.63, 3.8) is 0 Å². The smallest absolute Gasteiger partial charge is 0.193 e. The van der Waals surface area contributed by atoms with E-state index in [-0.39, 0.29) is 0 Å². The number of amidine groups is 1. The normalized spacial score (nSPS) is 19.4. The third-order valence-corrected chi connectivity index (χ3v) is 3.10. The van der Waals surface area contributed by atoms with E-state index >= 15 is 0 Å². The second-order valence-electron chi connectivity index (χ2n) is 4.08. The van der Waals surface area contributed by atoms with E-state index in [4.69, 9.17) is 11.6 Å². The van der Waals surface area contributed by atoms with Crippen molar-refractivity contribution in [2.24, 2.45) is 10.9 Å². The van der Waals surface area contributed by atoms with Crippen LogP contribution in [0, 0.1) is 5.92 Å². The van der Waals surface area contributed by atoms with E-state index in [0.29, 0.717) is 17.0 Å². The molecule has 3 nitrogen and oxygen atoms in total. The number of ketones is 1. The van der Waals surface area contributed by atoms with Crippen molar-refractivity contribution >= 4 is 22.7 Å². The van der Waals surface area contributed by atoms with Crippen LogP contribution < -0.4 is 0 Å². The molecule has 0 bridgehead atoms. The maximum Gasteiger partial charge on any atom is 0.193 e. The zero-order valence-electron chi connectivity index (χ0n) is 9.50. The number of aliphatic imine (C=N–C) groups is 1. The van der Waals surface area contributed by atoms with Gasteiger partial charge in [-0.15, -0.1) is 0 Å². The third-order valence-electron chi connectivity index (χ3n) is 2.74. The van der Waals surface area contributed by atoms with Gasteiger partial charge in [0.2, 0.25) is 0 Å². The molecule has 1 aliphatic heterocycles. The maximum absolute atomic E-state index is 11.0. The van der Waals surface area contributed by atoms with Crippen LogP contribution in [-0.4, -0.2) is 35.6 Å². The molecule has 0 atom stereocenters.